The molecule has 0 spiro atoms. The fourth-order valence-electron chi connectivity index (χ4n) is 0. The van der Waals surface area contributed by atoms with Crippen molar-refractivity contribution in [1.29, 1.82) is 0 Å². The molecule has 0 rings (SSSR count). The Morgan fingerprint density at radius 2 is 1.00 bits per heavy atom. The molecule has 0 aliphatic rings. The van der Waals surface area contributed by atoms with Crippen LogP contribution in [0.4, 0.5) is 16.8 Å². The molecule has 0 atom stereocenters. The molecule has 0 aromatic rings. The third kappa shape index (κ3) is 271. The first-order valence-corrected chi connectivity index (χ1v) is 3.55. The molecular formula is ClF4P. The molecule has 0 bridgehead atoms. The van der Waals surface area contributed by atoms with Gasteiger partial charge in [0.2, 0.25) is 0 Å². The van der Waals surface area contributed by atoms with E-state index in [1.165, 1.54) is 0 Å². The molecule has 0 saturated carbocycles. The van der Waals surface area contributed by atoms with Crippen LogP contribution in [-0.2, 0) is 0 Å². The second kappa shape index (κ2) is 0.984. The van der Waals surface area contributed by atoms with Crippen LogP contribution >= 0.6 is 18.4 Å². The summed E-state index contributed by atoms with van der Waals surface area (Å²) >= 11 is 3.25. The molecule has 0 aliphatic carbocycles. The van der Waals surface area contributed by atoms with Crippen molar-refractivity contribution in [3.05, 3.63) is 0 Å². The van der Waals surface area contributed by atoms with Crippen molar-refractivity contribution >= 4 is 18.4 Å². The number of rotatable bonds is 0. The molecule has 0 unspecified atom stereocenters. The van der Waals surface area contributed by atoms with Crippen LogP contribution in [0.5, 0.6) is 0 Å². The van der Waals surface area contributed by atoms with E-state index in [4.69, 9.17) is 0 Å². The van der Waals surface area contributed by atoms with Gasteiger partial charge in [0.25, 0.3) is 0 Å². The van der Waals surface area contributed by atoms with Gasteiger partial charge in [-0.25, -0.2) is 0 Å². The van der Waals surface area contributed by atoms with E-state index in [1.54, 1.807) is 0 Å². The first-order valence-electron chi connectivity index (χ1n) is 0.845. The first-order chi connectivity index (χ1) is 2.24. The predicted octanol–water partition coefficient (Wildman–Crippen LogP) is 3.23. The molecule has 6 heavy (non-hydrogen) atoms. The molecule has 0 nitrogen and oxygen atoms in total. The molecule has 0 amide bonds. The van der Waals surface area contributed by atoms with Gasteiger partial charge < -0.3 is 0 Å². The third-order valence-electron chi connectivity index (χ3n) is 0. The van der Waals surface area contributed by atoms with Crippen molar-refractivity contribution in [2.75, 3.05) is 0 Å². The van der Waals surface area contributed by atoms with Gasteiger partial charge in [0.05, 0.1) is 0 Å². The summed E-state index contributed by atoms with van der Waals surface area (Å²) in [6, 6.07) is 0. The second-order valence-electron chi connectivity index (χ2n) is 0.639. The molecule has 0 aromatic carbocycles. The summed E-state index contributed by atoms with van der Waals surface area (Å²) in [5.74, 6) is 0. The second-order valence-corrected chi connectivity index (χ2v) is 3.45. The SMILES string of the molecule is FP(F)(F)(F)Cl. The number of hydrogen-bond donors (Lipinski definition) is 0. The zero-order valence-electron chi connectivity index (χ0n) is 2.34. The summed E-state index contributed by atoms with van der Waals surface area (Å²) in [6.07, 6.45) is 0. The Bertz CT molecular complexity index is 40.7. The maximum absolute atomic E-state index is 10.3. The predicted molar refractivity (Wildman–Crippen MR) is 17.2 cm³/mol. The molecule has 40 valence electrons. The van der Waals surface area contributed by atoms with E-state index in [2.05, 4.69) is 11.2 Å². The zero-order valence-corrected chi connectivity index (χ0v) is 3.99. The summed E-state index contributed by atoms with van der Waals surface area (Å²) in [5, 5.41) is 0. The van der Waals surface area contributed by atoms with E-state index >= 15 is 0 Å². The molecule has 0 fully saturated rings. The zero-order chi connectivity index (χ0) is 5.45. The normalized spacial score (nSPS) is 19.2. The van der Waals surface area contributed by atoms with Crippen LogP contribution < -0.4 is 0 Å². The van der Waals surface area contributed by atoms with Crippen LogP contribution in [0.2, 0.25) is 0 Å². The quantitative estimate of drug-likeness (QED) is 0.360. The van der Waals surface area contributed by atoms with Gasteiger partial charge in [-0.15, -0.1) is 0 Å². The van der Waals surface area contributed by atoms with Crippen LogP contribution in [0.25, 0.3) is 0 Å². The van der Waals surface area contributed by atoms with Crippen molar-refractivity contribution in [1.82, 2.24) is 0 Å². The van der Waals surface area contributed by atoms with Gasteiger partial charge in [-0.3, -0.25) is 0 Å². The Morgan fingerprint density at radius 1 is 1.00 bits per heavy atom. The molecule has 0 aromatic heterocycles. The van der Waals surface area contributed by atoms with Gasteiger partial charge >= 0.3 is 35.2 Å². The molecule has 0 aliphatic heterocycles. The summed E-state index contributed by atoms with van der Waals surface area (Å²) in [6.45, 7) is 0. The molecule has 0 heterocycles. The average molecular weight is 142 g/mol. The van der Waals surface area contributed by atoms with E-state index in [1.807, 2.05) is 0 Å². The van der Waals surface area contributed by atoms with Gasteiger partial charge in [0.1, 0.15) is 0 Å². The standard InChI is InChI=1S/ClF4P/c1-6(2,3,4)5. The fraction of sp³-hybridized carbons (Fsp3) is 0. The molecule has 0 radical (unpaired) electrons. The van der Waals surface area contributed by atoms with E-state index in [9.17, 15) is 16.8 Å². The van der Waals surface area contributed by atoms with Crippen LogP contribution in [0.15, 0.2) is 0 Å². The van der Waals surface area contributed by atoms with Gasteiger partial charge in [-0.1, -0.05) is 0 Å². The molecular weight excluding hydrogens is 142 g/mol. The Kier molecular flexibility index (Phi) is 1.06. The van der Waals surface area contributed by atoms with Gasteiger partial charge in [-0.05, 0) is 0 Å². The van der Waals surface area contributed by atoms with Gasteiger partial charge in [-0.2, -0.15) is 0 Å². The molecule has 0 N–H and O–H groups in total. The van der Waals surface area contributed by atoms with Crippen molar-refractivity contribution in [3.8, 4) is 0 Å². The maximum atomic E-state index is 10.3. The van der Waals surface area contributed by atoms with Crippen molar-refractivity contribution in [3.63, 3.8) is 0 Å². The Morgan fingerprint density at radius 3 is 1.00 bits per heavy atom. The summed E-state index contributed by atoms with van der Waals surface area (Å²) < 4.78 is 41.1. The van der Waals surface area contributed by atoms with Crippen LogP contribution in [-0.4, -0.2) is 0 Å². The Balaban J connectivity index is 3.73. The molecule has 0 saturated heterocycles. The summed E-state index contributed by atoms with van der Waals surface area (Å²) in [5.41, 5.74) is 0. The van der Waals surface area contributed by atoms with E-state index in [-0.39, 0.29) is 0 Å². The van der Waals surface area contributed by atoms with Crippen molar-refractivity contribution in [2.45, 2.75) is 0 Å². The average Bonchev–Trinajstić information content (AvgIpc) is 0.650. The van der Waals surface area contributed by atoms with Crippen molar-refractivity contribution < 1.29 is 16.8 Å². The fourth-order valence-corrected chi connectivity index (χ4v) is 0. The van der Waals surface area contributed by atoms with E-state index in [0.717, 1.165) is 0 Å². The van der Waals surface area contributed by atoms with Crippen LogP contribution in [0.3, 0.4) is 0 Å². The molecule has 6 heteroatoms. The Labute approximate surface area is 36.3 Å². The van der Waals surface area contributed by atoms with Crippen molar-refractivity contribution in [2.24, 2.45) is 0 Å². The third-order valence-corrected chi connectivity index (χ3v) is 0. The van der Waals surface area contributed by atoms with E-state index < -0.39 is 7.20 Å². The monoisotopic (exact) mass is 142 g/mol. The summed E-state index contributed by atoms with van der Waals surface area (Å²) in [4.78, 5) is 0. The first kappa shape index (κ1) is 6.44. The number of hydrogen-bond acceptors (Lipinski definition) is 0. The van der Waals surface area contributed by atoms with E-state index in [0.29, 0.717) is 0 Å². The topological polar surface area (TPSA) is 0 Å². The van der Waals surface area contributed by atoms with Gasteiger partial charge in [0, 0.05) is 0 Å². The number of halogens is 5. The summed E-state index contributed by atoms with van der Waals surface area (Å²) in [7, 11) is -7.58. The van der Waals surface area contributed by atoms with Crippen LogP contribution in [0.1, 0.15) is 0 Å². The Hall–Kier alpha value is 0.440. The van der Waals surface area contributed by atoms with Gasteiger partial charge in [0.15, 0.2) is 0 Å². The minimum atomic E-state index is -7.58. The minimum absolute atomic E-state index is 3.25. The van der Waals surface area contributed by atoms with Crippen LogP contribution in [0, 0.1) is 0 Å².